The van der Waals surface area contributed by atoms with Crippen molar-refractivity contribution in [2.45, 2.75) is 32.6 Å². The average molecular weight is 300 g/mol. The second kappa shape index (κ2) is 5.07. The third-order valence-corrected chi connectivity index (χ3v) is 4.73. The van der Waals surface area contributed by atoms with Crippen molar-refractivity contribution >= 4 is 15.9 Å². The lowest BCUT2D eigenvalue weighted by molar-refractivity contribution is 0.295. The highest BCUT2D eigenvalue weighted by Crippen LogP contribution is 2.44. The summed E-state index contributed by atoms with van der Waals surface area (Å²) in [6.45, 7) is 2.97. The summed E-state index contributed by atoms with van der Waals surface area (Å²) in [7, 11) is 0. The van der Waals surface area contributed by atoms with E-state index >= 15 is 0 Å². The fraction of sp³-hybridized carbons (Fsp3) is 0.571. The Balaban J connectivity index is 2.21. The minimum absolute atomic E-state index is 0.165. The predicted molar refractivity (Wildman–Crippen MR) is 72.3 cm³/mol. The van der Waals surface area contributed by atoms with Gasteiger partial charge in [-0.15, -0.1) is 0 Å². The van der Waals surface area contributed by atoms with Gasteiger partial charge in [0.15, 0.2) is 0 Å². The van der Waals surface area contributed by atoms with Crippen LogP contribution >= 0.6 is 15.9 Å². The highest BCUT2D eigenvalue weighted by atomic mass is 79.9. The van der Waals surface area contributed by atoms with E-state index in [2.05, 4.69) is 22.9 Å². The molecule has 0 amide bonds. The molecule has 17 heavy (non-hydrogen) atoms. The smallest absolute Gasteiger partial charge is 0.123 e. The Labute approximate surface area is 111 Å². The molecular formula is C14H19BrFN. The molecule has 1 aliphatic rings. The summed E-state index contributed by atoms with van der Waals surface area (Å²) in [4.78, 5) is 0. The molecule has 0 heterocycles. The van der Waals surface area contributed by atoms with Crippen molar-refractivity contribution in [3.05, 3.63) is 34.1 Å². The quantitative estimate of drug-likeness (QED) is 0.900. The molecule has 1 aromatic rings. The van der Waals surface area contributed by atoms with E-state index in [1.807, 2.05) is 0 Å². The van der Waals surface area contributed by atoms with Gasteiger partial charge in [0.05, 0.1) is 0 Å². The second-order valence-electron chi connectivity index (χ2n) is 5.46. The lowest BCUT2D eigenvalue weighted by Crippen LogP contribution is -2.30. The van der Waals surface area contributed by atoms with Crippen molar-refractivity contribution in [1.82, 2.24) is 0 Å². The first-order valence-corrected chi connectivity index (χ1v) is 6.98. The highest BCUT2D eigenvalue weighted by molar-refractivity contribution is 9.10. The normalized spacial score (nSPS) is 28.6. The van der Waals surface area contributed by atoms with Crippen molar-refractivity contribution < 1.29 is 4.39 Å². The maximum absolute atomic E-state index is 13.3. The Kier molecular flexibility index (Phi) is 3.88. The van der Waals surface area contributed by atoms with Gasteiger partial charge in [-0.25, -0.2) is 4.39 Å². The first-order chi connectivity index (χ1) is 8.04. The maximum Gasteiger partial charge on any atom is 0.123 e. The van der Waals surface area contributed by atoms with Crippen molar-refractivity contribution in [2.75, 3.05) is 6.54 Å². The van der Waals surface area contributed by atoms with Gasteiger partial charge in [0, 0.05) is 4.47 Å². The molecule has 0 aromatic heterocycles. The molecule has 1 aromatic carbocycles. The zero-order chi connectivity index (χ0) is 12.5. The van der Waals surface area contributed by atoms with Gasteiger partial charge >= 0.3 is 0 Å². The molecule has 2 atom stereocenters. The molecule has 2 unspecified atom stereocenters. The van der Waals surface area contributed by atoms with E-state index in [-0.39, 0.29) is 11.2 Å². The molecule has 1 aliphatic carbocycles. The van der Waals surface area contributed by atoms with Crippen LogP contribution in [-0.4, -0.2) is 6.54 Å². The van der Waals surface area contributed by atoms with Crippen LogP contribution in [0.2, 0.25) is 0 Å². The van der Waals surface area contributed by atoms with Crippen molar-refractivity contribution in [1.29, 1.82) is 0 Å². The average Bonchev–Trinajstić information content (AvgIpc) is 2.66. The molecule has 2 rings (SSSR count). The largest absolute Gasteiger partial charge is 0.330 e. The molecule has 0 radical (unpaired) electrons. The van der Waals surface area contributed by atoms with Gasteiger partial charge in [-0.3, -0.25) is 0 Å². The van der Waals surface area contributed by atoms with Gasteiger partial charge in [-0.05, 0) is 60.9 Å². The minimum Gasteiger partial charge on any atom is -0.330 e. The molecule has 2 N–H and O–H groups in total. The van der Waals surface area contributed by atoms with Crippen molar-refractivity contribution in [3.63, 3.8) is 0 Å². The summed E-state index contributed by atoms with van der Waals surface area (Å²) in [5.74, 6) is 0.576. The number of rotatable bonds is 3. The van der Waals surface area contributed by atoms with E-state index < -0.39 is 0 Å². The fourth-order valence-corrected chi connectivity index (χ4v) is 3.38. The Morgan fingerprint density at radius 2 is 2.29 bits per heavy atom. The Morgan fingerprint density at radius 3 is 2.88 bits per heavy atom. The van der Waals surface area contributed by atoms with Crippen LogP contribution in [0.1, 0.15) is 31.7 Å². The fourth-order valence-electron chi connectivity index (χ4n) is 3.00. The minimum atomic E-state index is -0.165. The Hall–Kier alpha value is -0.410. The van der Waals surface area contributed by atoms with Gasteiger partial charge in [0.25, 0.3) is 0 Å². The van der Waals surface area contributed by atoms with E-state index in [4.69, 9.17) is 5.73 Å². The van der Waals surface area contributed by atoms with Gasteiger partial charge in [-0.2, -0.15) is 0 Å². The second-order valence-corrected chi connectivity index (χ2v) is 6.32. The summed E-state index contributed by atoms with van der Waals surface area (Å²) in [5.41, 5.74) is 7.18. The zero-order valence-electron chi connectivity index (χ0n) is 10.2. The first kappa shape index (κ1) is 13.0. The molecule has 1 fully saturated rings. The number of hydrogen-bond acceptors (Lipinski definition) is 1. The lowest BCUT2D eigenvalue weighted by Gasteiger charge is -2.28. The summed E-state index contributed by atoms with van der Waals surface area (Å²) >= 11 is 3.50. The van der Waals surface area contributed by atoms with E-state index in [0.29, 0.717) is 6.54 Å². The SMILES string of the molecule is CC1CCC(CN)(Cc2cc(F)ccc2Br)C1. The third-order valence-electron chi connectivity index (χ3n) is 3.96. The van der Waals surface area contributed by atoms with E-state index in [1.165, 1.54) is 12.5 Å². The summed E-state index contributed by atoms with van der Waals surface area (Å²) in [6, 6.07) is 4.90. The van der Waals surface area contributed by atoms with E-state index in [1.54, 1.807) is 12.1 Å². The first-order valence-electron chi connectivity index (χ1n) is 6.19. The molecule has 94 valence electrons. The molecule has 0 bridgehead atoms. The number of halogens is 2. The van der Waals surface area contributed by atoms with Gasteiger partial charge in [0.1, 0.15) is 5.82 Å². The monoisotopic (exact) mass is 299 g/mol. The Morgan fingerprint density at radius 1 is 1.53 bits per heavy atom. The number of nitrogens with two attached hydrogens (primary N) is 1. The van der Waals surface area contributed by atoms with Gasteiger partial charge in [0.2, 0.25) is 0 Å². The third kappa shape index (κ3) is 2.89. The van der Waals surface area contributed by atoms with Crippen LogP contribution in [0.4, 0.5) is 4.39 Å². The van der Waals surface area contributed by atoms with Crippen molar-refractivity contribution in [3.8, 4) is 0 Å². The lowest BCUT2D eigenvalue weighted by atomic mass is 9.79. The Bertz CT molecular complexity index is 407. The van der Waals surface area contributed by atoms with Gasteiger partial charge in [-0.1, -0.05) is 29.3 Å². The molecule has 3 heteroatoms. The van der Waals surface area contributed by atoms with Gasteiger partial charge < -0.3 is 5.73 Å². The van der Waals surface area contributed by atoms with Crippen LogP contribution in [0.3, 0.4) is 0 Å². The molecule has 0 saturated heterocycles. The van der Waals surface area contributed by atoms with E-state index in [9.17, 15) is 4.39 Å². The van der Waals surface area contributed by atoms with Crippen LogP contribution in [-0.2, 0) is 6.42 Å². The topological polar surface area (TPSA) is 26.0 Å². The number of benzene rings is 1. The molecule has 1 nitrogen and oxygen atoms in total. The predicted octanol–water partition coefficient (Wildman–Crippen LogP) is 3.90. The van der Waals surface area contributed by atoms with E-state index in [0.717, 1.165) is 35.2 Å². The summed E-state index contributed by atoms with van der Waals surface area (Å²) < 4.78 is 14.3. The van der Waals surface area contributed by atoms with Crippen molar-refractivity contribution in [2.24, 2.45) is 17.1 Å². The molecule has 1 saturated carbocycles. The highest BCUT2D eigenvalue weighted by Gasteiger charge is 2.36. The summed E-state index contributed by atoms with van der Waals surface area (Å²) in [6.07, 6.45) is 4.44. The van der Waals surface area contributed by atoms with Crippen LogP contribution in [0, 0.1) is 17.2 Å². The van der Waals surface area contributed by atoms with Crippen LogP contribution in [0.25, 0.3) is 0 Å². The maximum atomic E-state index is 13.3. The zero-order valence-corrected chi connectivity index (χ0v) is 11.8. The standard InChI is InChI=1S/C14H19BrFN/c1-10-4-5-14(7-10,9-17)8-11-6-12(16)2-3-13(11)15/h2-3,6,10H,4-5,7-9,17H2,1H3. The van der Waals surface area contributed by atoms with Crippen LogP contribution in [0.15, 0.2) is 22.7 Å². The van der Waals surface area contributed by atoms with Crippen LogP contribution in [0.5, 0.6) is 0 Å². The van der Waals surface area contributed by atoms with Crippen LogP contribution < -0.4 is 5.73 Å². The molecule has 0 aliphatic heterocycles. The number of hydrogen-bond donors (Lipinski definition) is 1. The molecule has 0 spiro atoms. The summed E-state index contributed by atoms with van der Waals surface area (Å²) in [5, 5.41) is 0. The molecular weight excluding hydrogens is 281 g/mol.